The molecule has 5 heteroatoms. The smallest absolute Gasteiger partial charge is 0.164 e. The summed E-state index contributed by atoms with van der Waals surface area (Å²) >= 11 is 0. The summed E-state index contributed by atoms with van der Waals surface area (Å²) in [5, 5.41) is 9.13. The molecule has 0 aliphatic carbocycles. The lowest BCUT2D eigenvalue weighted by atomic mass is 10.2. The van der Waals surface area contributed by atoms with E-state index in [1.54, 1.807) is 12.5 Å². The molecule has 0 saturated carbocycles. The minimum Gasteiger partial charge on any atom is -0.394 e. The maximum absolute atomic E-state index is 9.13. The minimum absolute atomic E-state index is 0.0624. The molecule has 1 aromatic heterocycles. The Bertz CT molecular complexity index is 297. The number of imidazole rings is 1. The zero-order valence-electron chi connectivity index (χ0n) is 8.23. The van der Waals surface area contributed by atoms with E-state index in [1.165, 1.54) is 0 Å². The summed E-state index contributed by atoms with van der Waals surface area (Å²) in [6, 6.07) is 0. The Morgan fingerprint density at radius 1 is 1.57 bits per heavy atom. The lowest BCUT2D eigenvalue weighted by Gasteiger charge is -2.16. The molecule has 1 aliphatic heterocycles. The van der Waals surface area contributed by atoms with E-state index in [0.717, 1.165) is 5.69 Å². The first-order valence-electron chi connectivity index (χ1n) is 4.57. The predicted molar refractivity (Wildman–Crippen MR) is 48.5 cm³/mol. The van der Waals surface area contributed by atoms with Crippen molar-refractivity contribution in [3.8, 4) is 0 Å². The Hall–Kier alpha value is -0.910. The van der Waals surface area contributed by atoms with Gasteiger partial charge in [-0.2, -0.15) is 0 Å². The average Bonchev–Trinajstić information content (AvgIpc) is 2.70. The molecule has 0 bridgehead atoms. The maximum Gasteiger partial charge on any atom is 0.164 e. The van der Waals surface area contributed by atoms with Crippen LogP contribution in [0.2, 0.25) is 0 Å². The van der Waals surface area contributed by atoms with Gasteiger partial charge in [0.25, 0.3) is 0 Å². The van der Waals surface area contributed by atoms with Crippen LogP contribution in [0.4, 0.5) is 0 Å². The van der Waals surface area contributed by atoms with Gasteiger partial charge in [-0.05, 0) is 13.8 Å². The highest BCUT2D eigenvalue weighted by Crippen LogP contribution is 2.36. The first-order chi connectivity index (χ1) is 6.62. The highest BCUT2D eigenvalue weighted by atomic mass is 16.8. The fourth-order valence-electron chi connectivity index (χ4n) is 1.65. The molecular formula is C9H14N2O3. The van der Waals surface area contributed by atoms with Gasteiger partial charge in [0, 0.05) is 0 Å². The number of hydrogen-bond acceptors (Lipinski definition) is 4. The lowest BCUT2D eigenvalue weighted by Crippen LogP contribution is -2.23. The van der Waals surface area contributed by atoms with E-state index in [-0.39, 0.29) is 18.8 Å². The third-order valence-corrected chi connectivity index (χ3v) is 2.19. The van der Waals surface area contributed by atoms with Crippen molar-refractivity contribution in [1.82, 2.24) is 9.97 Å². The highest BCUT2D eigenvalue weighted by Gasteiger charge is 2.42. The highest BCUT2D eigenvalue weighted by molar-refractivity contribution is 5.04. The van der Waals surface area contributed by atoms with Gasteiger partial charge in [-0.15, -0.1) is 0 Å². The fraction of sp³-hybridized carbons (Fsp3) is 0.667. The van der Waals surface area contributed by atoms with Gasteiger partial charge >= 0.3 is 0 Å². The van der Waals surface area contributed by atoms with Crippen molar-refractivity contribution in [2.45, 2.75) is 31.8 Å². The van der Waals surface area contributed by atoms with Crippen molar-refractivity contribution >= 4 is 0 Å². The number of aliphatic hydroxyl groups is 1. The van der Waals surface area contributed by atoms with Gasteiger partial charge in [0.1, 0.15) is 12.2 Å². The van der Waals surface area contributed by atoms with Crippen molar-refractivity contribution in [2.24, 2.45) is 0 Å². The van der Waals surface area contributed by atoms with E-state index in [2.05, 4.69) is 9.97 Å². The van der Waals surface area contributed by atoms with E-state index >= 15 is 0 Å². The SMILES string of the molecule is CC1(C)O[C@@H](CO)[C@H](c2cnc[nH]2)O1. The number of H-pyrrole nitrogens is 1. The van der Waals surface area contributed by atoms with Crippen molar-refractivity contribution in [3.63, 3.8) is 0 Å². The molecule has 1 saturated heterocycles. The summed E-state index contributed by atoms with van der Waals surface area (Å²) in [6.07, 6.45) is 2.67. The van der Waals surface area contributed by atoms with E-state index in [1.807, 2.05) is 13.8 Å². The van der Waals surface area contributed by atoms with Crippen LogP contribution in [0.5, 0.6) is 0 Å². The quantitative estimate of drug-likeness (QED) is 0.730. The van der Waals surface area contributed by atoms with Crippen LogP contribution < -0.4 is 0 Å². The monoisotopic (exact) mass is 198 g/mol. The zero-order chi connectivity index (χ0) is 10.2. The number of hydrogen-bond donors (Lipinski definition) is 2. The molecule has 0 unspecified atom stereocenters. The molecule has 1 aromatic rings. The number of rotatable bonds is 2. The van der Waals surface area contributed by atoms with E-state index in [4.69, 9.17) is 14.6 Å². The Balaban J connectivity index is 2.19. The number of nitrogens with zero attached hydrogens (tertiary/aromatic N) is 1. The van der Waals surface area contributed by atoms with Crippen LogP contribution in [0.25, 0.3) is 0 Å². The standard InChI is InChI=1S/C9H14N2O3/c1-9(2)13-7(4-12)8(14-9)6-3-10-5-11-6/h3,5,7-8,12H,4H2,1-2H3,(H,10,11)/t7-,8-/m0/s1. The van der Waals surface area contributed by atoms with Gasteiger partial charge in [-0.25, -0.2) is 4.98 Å². The van der Waals surface area contributed by atoms with Crippen LogP contribution in [0.1, 0.15) is 25.6 Å². The number of aromatic amines is 1. The van der Waals surface area contributed by atoms with E-state index in [9.17, 15) is 0 Å². The molecule has 5 nitrogen and oxygen atoms in total. The average molecular weight is 198 g/mol. The van der Waals surface area contributed by atoms with E-state index in [0.29, 0.717) is 0 Å². The van der Waals surface area contributed by atoms with Crippen molar-refractivity contribution in [2.75, 3.05) is 6.61 Å². The first-order valence-corrected chi connectivity index (χ1v) is 4.57. The van der Waals surface area contributed by atoms with Crippen LogP contribution in [-0.4, -0.2) is 33.6 Å². The summed E-state index contributed by atoms with van der Waals surface area (Å²) in [6.45, 7) is 3.59. The number of nitrogens with one attached hydrogen (secondary N) is 1. The van der Waals surface area contributed by atoms with Gasteiger partial charge in [0.2, 0.25) is 0 Å². The van der Waals surface area contributed by atoms with Gasteiger partial charge in [-0.1, -0.05) is 0 Å². The normalized spacial score (nSPS) is 30.8. The van der Waals surface area contributed by atoms with Crippen molar-refractivity contribution in [3.05, 3.63) is 18.2 Å². The molecule has 2 heterocycles. The molecule has 0 spiro atoms. The fourth-order valence-corrected chi connectivity index (χ4v) is 1.65. The molecule has 2 rings (SSSR count). The summed E-state index contributed by atoms with van der Waals surface area (Å²) in [5.41, 5.74) is 0.828. The summed E-state index contributed by atoms with van der Waals surface area (Å²) in [5.74, 6) is -0.650. The molecule has 78 valence electrons. The van der Waals surface area contributed by atoms with Gasteiger partial charge in [0.15, 0.2) is 5.79 Å². The molecule has 0 amide bonds. The first kappa shape index (κ1) is 9.64. The lowest BCUT2D eigenvalue weighted by molar-refractivity contribution is -0.149. The Kier molecular flexibility index (Phi) is 2.30. The maximum atomic E-state index is 9.13. The molecular weight excluding hydrogens is 184 g/mol. The van der Waals surface area contributed by atoms with E-state index < -0.39 is 5.79 Å². The Labute approximate surface area is 82.1 Å². The number of aromatic nitrogens is 2. The summed E-state index contributed by atoms with van der Waals surface area (Å²) in [4.78, 5) is 6.86. The second-order valence-corrected chi connectivity index (χ2v) is 3.78. The summed E-state index contributed by atoms with van der Waals surface area (Å²) in [7, 11) is 0. The van der Waals surface area contributed by atoms with Crippen molar-refractivity contribution in [1.29, 1.82) is 0 Å². The van der Waals surface area contributed by atoms with Crippen LogP contribution in [0.3, 0.4) is 0 Å². The van der Waals surface area contributed by atoms with Crippen LogP contribution >= 0.6 is 0 Å². The van der Waals surface area contributed by atoms with Gasteiger partial charge in [0.05, 0.1) is 24.8 Å². The minimum atomic E-state index is -0.650. The summed E-state index contributed by atoms with van der Waals surface area (Å²) < 4.78 is 11.2. The molecule has 0 aromatic carbocycles. The predicted octanol–water partition coefficient (Wildman–Crippen LogP) is 0.595. The molecule has 1 aliphatic rings. The molecule has 2 atom stereocenters. The molecule has 0 radical (unpaired) electrons. The van der Waals surface area contributed by atoms with Crippen molar-refractivity contribution < 1.29 is 14.6 Å². The molecule has 1 fully saturated rings. The van der Waals surface area contributed by atoms with Crippen LogP contribution in [0.15, 0.2) is 12.5 Å². The van der Waals surface area contributed by atoms with Crippen LogP contribution in [0, 0.1) is 0 Å². The van der Waals surface area contributed by atoms with Crippen LogP contribution in [-0.2, 0) is 9.47 Å². The third-order valence-electron chi connectivity index (χ3n) is 2.19. The number of ether oxygens (including phenoxy) is 2. The second kappa shape index (κ2) is 3.34. The number of aliphatic hydroxyl groups excluding tert-OH is 1. The second-order valence-electron chi connectivity index (χ2n) is 3.78. The zero-order valence-corrected chi connectivity index (χ0v) is 8.23. The van der Waals surface area contributed by atoms with Gasteiger partial charge < -0.3 is 19.6 Å². The molecule has 2 N–H and O–H groups in total. The van der Waals surface area contributed by atoms with Gasteiger partial charge in [-0.3, -0.25) is 0 Å². The molecule has 14 heavy (non-hydrogen) atoms. The Morgan fingerprint density at radius 3 is 2.93 bits per heavy atom. The third kappa shape index (κ3) is 1.66. The topological polar surface area (TPSA) is 67.4 Å². The largest absolute Gasteiger partial charge is 0.394 e. The Morgan fingerprint density at radius 2 is 2.36 bits per heavy atom.